The summed E-state index contributed by atoms with van der Waals surface area (Å²) < 4.78 is -1.88. The average Bonchev–Trinajstić information content (AvgIpc) is 2.67. The van der Waals surface area contributed by atoms with Crippen molar-refractivity contribution in [2.45, 2.75) is 17.0 Å². The summed E-state index contributed by atoms with van der Waals surface area (Å²) in [5.41, 5.74) is 4.50. The van der Waals surface area contributed by atoms with E-state index in [9.17, 15) is 4.79 Å². The van der Waals surface area contributed by atoms with Gasteiger partial charge in [-0.3, -0.25) is 4.90 Å². The molecule has 0 bridgehead atoms. The summed E-state index contributed by atoms with van der Waals surface area (Å²) in [6.45, 7) is 1.96. The van der Waals surface area contributed by atoms with E-state index in [0.29, 0.717) is 5.69 Å². The van der Waals surface area contributed by atoms with E-state index < -0.39 is 16.1 Å². The molecule has 1 saturated heterocycles. The van der Waals surface area contributed by atoms with Crippen LogP contribution in [-0.2, 0) is 0 Å². The molecule has 8 heteroatoms. The zero-order chi connectivity index (χ0) is 14.2. The lowest BCUT2D eigenvalue weighted by atomic mass is 10.2. The van der Waals surface area contributed by atoms with Gasteiger partial charge in [-0.2, -0.15) is 5.43 Å². The predicted octanol–water partition coefficient (Wildman–Crippen LogP) is 3.40. The van der Waals surface area contributed by atoms with Crippen LogP contribution in [0.3, 0.4) is 0 Å². The first-order chi connectivity index (χ1) is 8.84. The number of aryl methyl sites for hydroxylation is 1. The highest BCUT2D eigenvalue weighted by Gasteiger charge is 2.46. The Morgan fingerprint density at radius 2 is 1.89 bits per heavy atom. The minimum Gasteiger partial charge on any atom is -0.271 e. The fourth-order valence-electron chi connectivity index (χ4n) is 1.72. The lowest BCUT2D eigenvalue weighted by Gasteiger charge is -2.23. The second-order valence-corrected chi connectivity index (χ2v) is 6.49. The highest BCUT2D eigenvalue weighted by molar-refractivity contribution is 7.79. The maximum absolute atomic E-state index is 12.3. The lowest BCUT2D eigenvalue weighted by molar-refractivity contribution is 0.201. The smallest absolute Gasteiger partial charge is 0.271 e. The van der Waals surface area contributed by atoms with Gasteiger partial charge < -0.3 is 0 Å². The zero-order valence-corrected chi connectivity index (χ0v) is 12.9. The number of carbonyl (C=O) groups is 1. The maximum Gasteiger partial charge on any atom is 0.344 e. The fraction of sp³-hybridized carbons (Fsp3) is 0.273. The van der Waals surface area contributed by atoms with Gasteiger partial charge in [0.05, 0.1) is 0 Å². The van der Waals surface area contributed by atoms with Crippen molar-refractivity contribution in [1.82, 2.24) is 10.4 Å². The third-order valence-corrected chi connectivity index (χ3v) is 3.40. The van der Waals surface area contributed by atoms with Crippen molar-refractivity contribution in [2.24, 2.45) is 0 Å². The van der Waals surface area contributed by atoms with E-state index in [4.69, 9.17) is 47.0 Å². The van der Waals surface area contributed by atoms with Gasteiger partial charge in [-0.1, -0.05) is 64.7 Å². The van der Waals surface area contributed by atoms with Gasteiger partial charge in [0.15, 0.2) is 0 Å². The Bertz CT molecular complexity index is 503. The van der Waals surface area contributed by atoms with Crippen LogP contribution >= 0.6 is 47.0 Å². The summed E-state index contributed by atoms with van der Waals surface area (Å²) in [5, 5.41) is 2.32. The number of carbonyl (C=O) groups excluding carboxylic acids is 1. The molecule has 102 valence electrons. The van der Waals surface area contributed by atoms with Crippen molar-refractivity contribution in [3.8, 4) is 0 Å². The zero-order valence-electron chi connectivity index (χ0n) is 9.81. The molecule has 2 rings (SSSR count). The molecular weight excluding hydrogens is 329 g/mol. The van der Waals surface area contributed by atoms with Crippen LogP contribution in [0.5, 0.6) is 0 Å². The molecule has 0 aromatic heterocycles. The summed E-state index contributed by atoms with van der Waals surface area (Å²) >= 11 is 22.1. The first-order valence-electron chi connectivity index (χ1n) is 5.33. The topological polar surface area (TPSA) is 35.6 Å². The summed E-state index contributed by atoms with van der Waals surface area (Å²) in [6, 6.07) is 6.92. The standard InChI is InChI=1S/C11H10Cl3N3OS/c1-7-2-4-8(5-3-7)16-9(6-19)15-17(10(16)18)11(12,13)14/h2-6,9,15H,1H3. The van der Waals surface area contributed by atoms with Gasteiger partial charge in [-0.05, 0) is 19.1 Å². The Morgan fingerprint density at radius 1 is 1.32 bits per heavy atom. The van der Waals surface area contributed by atoms with Crippen molar-refractivity contribution in [3.63, 3.8) is 0 Å². The molecule has 1 atom stereocenters. The van der Waals surface area contributed by atoms with E-state index in [1.807, 2.05) is 31.2 Å². The normalized spacial score (nSPS) is 20.0. The first-order valence-corrected chi connectivity index (χ1v) is 6.93. The van der Waals surface area contributed by atoms with Crippen LogP contribution in [0.2, 0.25) is 0 Å². The van der Waals surface area contributed by atoms with E-state index in [2.05, 4.69) is 5.43 Å². The first kappa shape index (κ1) is 14.8. The second-order valence-electron chi connectivity index (χ2n) is 4.00. The molecule has 1 aliphatic rings. The molecular formula is C11H10Cl3N3OS. The molecule has 1 aliphatic heterocycles. The number of amides is 2. The van der Waals surface area contributed by atoms with Gasteiger partial charge in [0.25, 0.3) is 3.92 Å². The molecule has 1 aromatic rings. The SMILES string of the molecule is Cc1ccc(N2C(=O)N(C(Cl)(Cl)Cl)NC2C=S)cc1. The predicted molar refractivity (Wildman–Crippen MR) is 81.8 cm³/mol. The molecule has 1 aromatic carbocycles. The van der Waals surface area contributed by atoms with E-state index in [1.54, 1.807) is 0 Å². The number of urea groups is 1. The van der Waals surface area contributed by atoms with Crippen LogP contribution in [0.25, 0.3) is 0 Å². The van der Waals surface area contributed by atoms with Crippen LogP contribution in [0.4, 0.5) is 10.5 Å². The van der Waals surface area contributed by atoms with Gasteiger partial charge >= 0.3 is 6.03 Å². The molecule has 4 nitrogen and oxygen atoms in total. The quantitative estimate of drug-likeness (QED) is 0.510. The van der Waals surface area contributed by atoms with E-state index in [-0.39, 0.29) is 0 Å². The summed E-state index contributed by atoms with van der Waals surface area (Å²) in [6.07, 6.45) is -0.541. The monoisotopic (exact) mass is 337 g/mol. The number of nitrogens with zero attached hydrogens (tertiary/aromatic N) is 2. The summed E-state index contributed by atoms with van der Waals surface area (Å²) in [5.74, 6) is 0. The largest absolute Gasteiger partial charge is 0.344 e. The lowest BCUT2D eigenvalue weighted by Crippen LogP contribution is -2.45. The molecule has 1 N–H and O–H groups in total. The van der Waals surface area contributed by atoms with Crippen molar-refractivity contribution < 1.29 is 4.79 Å². The number of nitrogens with one attached hydrogen (secondary N) is 1. The number of halogens is 3. The number of anilines is 1. The Hall–Kier alpha value is -0.590. The van der Waals surface area contributed by atoms with Crippen LogP contribution in [-0.4, -0.2) is 26.5 Å². The van der Waals surface area contributed by atoms with Gasteiger partial charge in [0, 0.05) is 11.1 Å². The average molecular weight is 339 g/mol. The minimum atomic E-state index is -1.88. The summed E-state index contributed by atoms with van der Waals surface area (Å²) in [4.78, 5) is 13.7. The van der Waals surface area contributed by atoms with Gasteiger partial charge in [-0.25, -0.2) is 9.80 Å². The minimum absolute atomic E-state index is 0.477. The number of hydrogen-bond acceptors (Lipinski definition) is 3. The van der Waals surface area contributed by atoms with E-state index in [0.717, 1.165) is 10.6 Å². The molecule has 0 spiro atoms. The number of alkyl halides is 3. The molecule has 19 heavy (non-hydrogen) atoms. The number of hydrazine groups is 1. The fourth-order valence-corrected chi connectivity index (χ4v) is 2.27. The third kappa shape index (κ3) is 2.95. The highest BCUT2D eigenvalue weighted by atomic mass is 35.6. The molecule has 0 aliphatic carbocycles. The summed E-state index contributed by atoms with van der Waals surface area (Å²) in [7, 11) is 0. The van der Waals surface area contributed by atoms with Gasteiger partial charge in [0.2, 0.25) is 0 Å². The van der Waals surface area contributed by atoms with Crippen LogP contribution in [0.15, 0.2) is 24.3 Å². The molecule has 2 amide bonds. The van der Waals surface area contributed by atoms with E-state index in [1.165, 1.54) is 10.3 Å². The van der Waals surface area contributed by atoms with Crippen molar-refractivity contribution >= 4 is 64.1 Å². The Kier molecular flexibility index (Phi) is 4.23. The number of rotatable bonds is 2. The van der Waals surface area contributed by atoms with Crippen LogP contribution in [0, 0.1) is 6.92 Å². The molecule has 0 radical (unpaired) electrons. The maximum atomic E-state index is 12.3. The third-order valence-electron chi connectivity index (χ3n) is 2.63. The Morgan fingerprint density at radius 3 is 2.37 bits per heavy atom. The highest BCUT2D eigenvalue weighted by Crippen LogP contribution is 2.34. The molecule has 1 unspecified atom stereocenters. The van der Waals surface area contributed by atoms with Crippen molar-refractivity contribution in [1.29, 1.82) is 0 Å². The van der Waals surface area contributed by atoms with E-state index >= 15 is 0 Å². The Balaban J connectivity index is 2.36. The number of hydrogen-bond donors (Lipinski definition) is 1. The number of thiocarbonyl (C=S) groups is 1. The Labute approximate surface area is 131 Å². The molecule has 1 fully saturated rings. The van der Waals surface area contributed by atoms with Crippen molar-refractivity contribution in [2.75, 3.05) is 4.90 Å². The van der Waals surface area contributed by atoms with Gasteiger partial charge in [-0.15, -0.1) is 0 Å². The van der Waals surface area contributed by atoms with Crippen LogP contribution in [0.1, 0.15) is 5.56 Å². The van der Waals surface area contributed by atoms with Crippen LogP contribution < -0.4 is 10.3 Å². The molecule has 0 saturated carbocycles. The second kappa shape index (κ2) is 5.42. The van der Waals surface area contributed by atoms with Crippen molar-refractivity contribution in [3.05, 3.63) is 29.8 Å². The van der Waals surface area contributed by atoms with Gasteiger partial charge in [0.1, 0.15) is 6.17 Å². The number of benzene rings is 1. The molecule has 1 heterocycles.